The molecule has 0 saturated carbocycles. The number of hydrogen-bond acceptors (Lipinski definition) is 3. The van der Waals surface area contributed by atoms with Crippen molar-refractivity contribution in [1.29, 1.82) is 0 Å². The zero-order valence-corrected chi connectivity index (χ0v) is 10.7. The Hall–Kier alpha value is -1.39. The van der Waals surface area contributed by atoms with E-state index < -0.39 is 0 Å². The lowest BCUT2D eigenvalue weighted by Crippen LogP contribution is -2.40. The van der Waals surface area contributed by atoms with E-state index in [2.05, 4.69) is 24.1 Å². The summed E-state index contributed by atoms with van der Waals surface area (Å²) in [4.78, 5) is 15.8. The van der Waals surface area contributed by atoms with Crippen molar-refractivity contribution in [2.24, 2.45) is 0 Å². The maximum atomic E-state index is 12.1. The Kier molecular flexibility index (Phi) is 4.33. The number of rotatable bonds is 2. The second-order valence-electron chi connectivity index (χ2n) is 4.76. The Balaban J connectivity index is 2.19. The number of aliphatic hydroxyl groups excluding tert-OH is 1. The molecule has 98 valence electrons. The molecule has 1 aromatic rings. The normalized spacial score (nSPS) is 22.7. The van der Waals surface area contributed by atoms with Crippen LogP contribution >= 0.6 is 0 Å². The highest BCUT2D eigenvalue weighted by Gasteiger charge is 2.25. The highest BCUT2D eigenvalue weighted by molar-refractivity contribution is 5.77. The minimum absolute atomic E-state index is 0.0258. The van der Waals surface area contributed by atoms with Crippen molar-refractivity contribution in [3.8, 4) is 0 Å². The summed E-state index contributed by atoms with van der Waals surface area (Å²) in [5.41, 5.74) is 1.16. The molecule has 0 bridgehead atoms. The summed E-state index contributed by atoms with van der Waals surface area (Å²) in [5.74, 6) is 0.0258. The minimum atomic E-state index is -0.177. The number of benzene rings is 1. The third-order valence-electron chi connectivity index (χ3n) is 3.55. The van der Waals surface area contributed by atoms with Crippen LogP contribution in [-0.2, 0) is 4.79 Å². The van der Waals surface area contributed by atoms with E-state index in [1.165, 1.54) is 4.90 Å². The summed E-state index contributed by atoms with van der Waals surface area (Å²) in [5, 5.41) is 9.19. The van der Waals surface area contributed by atoms with Crippen LogP contribution < -0.4 is 0 Å². The first-order valence-electron chi connectivity index (χ1n) is 6.36. The summed E-state index contributed by atoms with van der Waals surface area (Å²) in [6.07, 6.45) is 1.33. The molecule has 0 aliphatic carbocycles. The predicted octanol–water partition coefficient (Wildman–Crippen LogP) is 1.23. The van der Waals surface area contributed by atoms with Crippen molar-refractivity contribution >= 4 is 5.91 Å². The van der Waals surface area contributed by atoms with Crippen LogP contribution in [0.15, 0.2) is 30.3 Å². The molecule has 1 aromatic carbocycles. The molecule has 1 N–H and O–H groups in total. The van der Waals surface area contributed by atoms with E-state index in [4.69, 9.17) is 0 Å². The molecule has 0 radical (unpaired) electrons. The van der Waals surface area contributed by atoms with Crippen LogP contribution in [-0.4, -0.2) is 47.7 Å². The van der Waals surface area contributed by atoms with Crippen molar-refractivity contribution in [2.75, 3.05) is 26.9 Å². The first-order valence-corrected chi connectivity index (χ1v) is 6.36. The van der Waals surface area contributed by atoms with Gasteiger partial charge in [-0.2, -0.15) is 0 Å². The largest absolute Gasteiger partial charge is 0.376 e. The van der Waals surface area contributed by atoms with Crippen LogP contribution in [0.25, 0.3) is 0 Å². The van der Waals surface area contributed by atoms with Crippen LogP contribution in [0.4, 0.5) is 0 Å². The SMILES string of the molecule is CN1CCCN(CO)C(=O)C[C@H]1c1ccccc1. The highest BCUT2D eigenvalue weighted by atomic mass is 16.3. The quantitative estimate of drug-likeness (QED) is 0.856. The lowest BCUT2D eigenvalue weighted by molar-refractivity contribution is -0.137. The summed E-state index contributed by atoms with van der Waals surface area (Å²) in [6.45, 7) is 1.40. The van der Waals surface area contributed by atoms with Crippen molar-refractivity contribution in [3.63, 3.8) is 0 Å². The smallest absolute Gasteiger partial charge is 0.226 e. The van der Waals surface area contributed by atoms with Gasteiger partial charge in [0.2, 0.25) is 5.91 Å². The van der Waals surface area contributed by atoms with E-state index in [9.17, 15) is 9.90 Å². The lowest BCUT2D eigenvalue weighted by atomic mass is 10.0. The fourth-order valence-corrected chi connectivity index (χ4v) is 2.44. The first-order chi connectivity index (χ1) is 8.72. The van der Waals surface area contributed by atoms with Crippen LogP contribution in [0.2, 0.25) is 0 Å². The number of amides is 1. The molecule has 4 nitrogen and oxygen atoms in total. The van der Waals surface area contributed by atoms with Gasteiger partial charge in [-0.25, -0.2) is 0 Å². The second-order valence-corrected chi connectivity index (χ2v) is 4.76. The van der Waals surface area contributed by atoms with Gasteiger partial charge in [-0.05, 0) is 19.0 Å². The molecule has 1 saturated heterocycles. The molecule has 0 spiro atoms. The molecule has 1 fully saturated rings. The topological polar surface area (TPSA) is 43.8 Å². The molecular weight excluding hydrogens is 228 g/mol. The number of aliphatic hydroxyl groups is 1. The second kappa shape index (κ2) is 5.98. The molecule has 1 amide bonds. The van der Waals surface area contributed by atoms with Gasteiger partial charge in [0.1, 0.15) is 6.73 Å². The Labute approximate surface area is 108 Å². The van der Waals surface area contributed by atoms with E-state index >= 15 is 0 Å². The highest BCUT2D eigenvalue weighted by Crippen LogP contribution is 2.25. The summed E-state index contributed by atoms with van der Waals surface area (Å²) >= 11 is 0. The summed E-state index contributed by atoms with van der Waals surface area (Å²) in [6, 6.07) is 10.2. The third-order valence-corrected chi connectivity index (χ3v) is 3.55. The average molecular weight is 248 g/mol. The third kappa shape index (κ3) is 2.89. The van der Waals surface area contributed by atoms with Crippen LogP contribution in [0.3, 0.4) is 0 Å². The summed E-state index contributed by atoms with van der Waals surface area (Å²) < 4.78 is 0. The van der Waals surface area contributed by atoms with Gasteiger partial charge in [0.25, 0.3) is 0 Å². The number of carbonyl (C=O) groups excluding carboxylic acids is 1. The van der Waals surface area contributed by atoms with Crippen molar-refractivity contribution in [2.45, 2.75) is 18.9 Å². The van der Waals surface area contributed by atoms with Crippen LogP contribution in [0, 0.1) is 0 Å². The number of nitrogens with zero attached hydrogens (tertiary/aromatic N) is 2. The summed E-state index contributed by atoms with van der Waals surface area (Å²) in [7, 11) is 2.06. The van der Waals surface area contributed by atoms with Crippen molar-refractivity contribution < 1.29 is 9.90 Å². The molecule has 1 heterocycles. The fourth-order valence-electron chi connectivity index (χ4n) is 2.44. The Morgan fingerprint density at radius 3 is 2.67 bits per heavy atom. The van der Waals surface area contributed by atoms with E-state index in [1.807, 2.05) is 18.2 Å². The molecule has 1 aliphatic heterocycles. The van der Waals surface area contributed by atoms with Gasteiger partial charge in [0.05, 0.1) is 0 Å². The maximum Gasteiger partial charge on any atom is 0.226 e. The van der Waals surface area contributed by atoms with E-state index in [0.29, 0.717) is 13.0 Å². The van der Waals surface area contributed by atoms with Gasteiger partial charge in [-0.15, -0.1) is 0 Å². The lowest BCUT2D eigenvalue weighted by Gasteiger charge is -2.33. The van der Waals surface area contributed by atoms with Crippen molar-refractivity contribution in [3.05, 3.63) is 35.9 Å². The fraction of sp³-hybridized carbons (Fsp3) is 0.500. The zero-order valence-electron chi connectivity index (χ0n) is 10.7. The van der Waals surface area contributed by atoms with E-state index in [-0.39, 0.29) is 18.7 Å². The first kappa shape index (κ1) is 13.1. The van der Waals surface area contributed by atoms with Crippen LogP contribution in [0.5, 0.6) is 0 Å². The van der Waals surface area contributed by atoms with Gasteiger partial charge in [-0.1, -0.05) is 30.3 Å². The predicted molar refractivity (Wildman–Crippen MR) is 69.8 cm³/mol. The molecule has 2 rings (SSSR count). The number of carbonyl (C=O) groups is 1. The van der Waals surface area contributed by atoms with E-state index in [0.717, 1.165) is 18.5 Å². The Bertz CT molecular complexity index is 394. The Morgan fingerprint density at radius 2 is 2.00 bits per heavy atom. The molecular formula is C14H20N2O2. The Morgan fingerprint density at radius 1 is 1.28 bits per heavy atom. The monoisotopic (exact) mass is 248 g/mol. The molecule has 1 atom stereocenters. The molecule has 1 aliphatic rings. The molecule has 0 aromatic heterocycles. The maximum absolute atomic E-state index is 12.1. The van der Waals surface area contributed by atoms with Gasteiger partial charge < -0.3 is 10.0 Å². The molecule has 4 heteroatoms. The average Bonchev–Trinajstić information content (AvgIpc) is 2.40. The van der Waals surface area contributed by atoms with Gasteiger partial charge in [-0.3, -0.25) is 9.69 Å². The number of hydrogen-bond donors (Lipinski definition) is 1. The van der Waals surface area contributed by atoms with Gasteiger partial charge >= 0.3 is 0 Å². The van der Waals surface area contributed by atoms with E-state index in [1.54, 1.807) is 0 Å². The zero-order chi connectivity index (χ0) is 13.0. The molecule has 18 heavy (non-hydrogen) atoms. The standard InChI is InChI=1S/C14H20N2O2/c1-15-8-5-9-16(11-17)14(18)10-13(15)12-6-3-2-4-7-12/h2-4,6-7,13,17H,5,8-11H2,1H3/t13-/m0/s1. The van der Waals surface area contributed by atoms with Crippen molar-refractivity contribution in [1.82, 2.24) is 9.80 Å². The van der Waals surface area contributed by atoms with Gasteiger partial charge in [0.15, 0.2) is 0 Å². The van der Waals surface area contributed by atoms with Crippen LogP contribution in [0.1, 0.15) is 24.4 Å². The molecule has 0 unspecified atom stereocenters. The minimum Gasteiger partial charge on any atom is -0.376 e. The van der Waals surface area contributed by atoms with Gasteiger partial charge in [0, 0.05) is 25.6 Å².